The average Bonchev–Trinajstić information content (AvgIpc) is 2.29. The van der Waals surface area contributed by atoms with Crippen molar-refractivity contribution in [2.24, 2.45) is 0 Å². The van der Waals surface area contributed by atoms with Crippen LogP contribution in [0.1, 0.15) is 0 Å². The van der Waals surface area contributed by atoms with Gasteiger partial charge in [-0.3, -0.25) is 0 Å². The Bertz CT molecular complexity index is 399. The highest BCUT2D eigenvalue weighted by molar-refractivity contribution is 6.32. The quantitative estimate of drug-likeness (QED) is 0.611. The first-order chi connectivity index (χ1) is 7.75. The minimum Gasteiger partial charge on any atom is -0.492 e. The van der Waals surface area contributed by atoms with Crippen molar-refractivity contribution in [1.29, 1.82) is 0 Å². The summed E-state index contributed by atoms with van der Waals surface area (Å²) >= 11 is 5.96. The summed E-state index contributed by atoms with van der Waals surface area (Å²) < 4.78 is 10.8. The SMILES string of the molecule is Nc1ccc(OC=C2CNCCO2)c(Cl)c1. The highest BCUT2D eigenvalue weighted by Gasteiger charge is 2.06. The van der Waals surface area contributed by atoms with Crippen molar-refractivity contribution in [3.8, 4) is 5.75 Å². The second-order valence-electron chi connectivity index (χ2n) is 3.42. The van der Waals surface area contributed by atoms with Crippen LogP contribution >= 0.6 is 11.6 Å². The lowest BCUT2D eigenvalue weighted by atomic mass is 10.3. The molecule has 1 aromatic carbocycles. The number of nitrogens with one attached hydrogen (secondary N) is 1. The number of rotatable bonds is 2. The van der Waals surface area contributed by atoms with Gasteiger partial charge in [0.15, 0.2) is 0 Å². The summed E-state index contributed by atoms with van der Waals surface area (Å²) in [5, 5.41) is 3.66. The minimum atomic E-state index is 0.487. The molecular weight excluding hydrogens is 228 g/mol. The van der Waals surface area contributed by atoms with E-state index < -0.39 is 0 Å². The van der Waals surface area contributed by atoms with Gasteiger partial charge >= 0.3 is 0 Å². The van der Waals surface area contributed by atoms with Crippen molar-refractivity contribution >= 4 is 17.3 Å². The van der Waals surface area contributed by atoms with Crippen LogP contribution in [-0.2, 0) is 4.74 Å². The van der Waals surface area contributed by atoms with Crippen molar-refractivity contribution in [2.45, 2.75) is 0 Å². The van der Waals surface area contributed by atoms with E-state index in [9.17, 15) is 0 Å². The predicted octanol–water partition coefficient (Wildman–Crippen LogP) is 1.76. The van der Waals surface area contributed by atoms with Gasteiger partial charge in [-0.05, 0) is 18.2 Å². The first-order valence-corrected chi connectivity index (χ1v) is 5.38. The van der Waals surface area contributed by atoms with Gasteiger partial charge in [0, 0.05) is 12.2 Å². The number of hydrogen-bond acceptors (Lipinski definition) is 4. The zero-order valence-corrected chi connectivity index (χ0v) is 9.46. The fourth-order valence-corrected chi connectivity index (χ4v) is 1.57. The maximum Gasteiger partial charge on any atom is 0.145 e. The van der Waals surface area contributed by atoms with E-state index in [-0.39, 0.29) is 0 Å². The molecule has 4 nitrogen and oxygen atoms in total. The second-order valence-corrected chi connectivity index (χ2v) is 3.82. The molecule has 1 fully saturated rings. The molecule has 0 aliphatic carbocycles. The molecule has 0 spiro atoms. The van der Waals surface area contributed by atoms with E-state index in [1.165, 1.54) is 0 Å². The molecule has 16 heavy (non-hydrogen) atoms. The number of ether oxygens (including phenoxy) is 2. The summed E-state index contributed by atoms with van der Waals surface area (Å²) in [5.41, 5.74) is 6.19. The Morgan fingerprint density at radius 2 is 2.38 bits per heavy atom. The van der Waals surface area contributed by atoms with Gasteiger partial charge in [0.05, 0.1) is 11.6 Å². The van der Waals surface area contributed by atoms with Crippen molar-refractivity contribution in [3.63, 3.8) is 0 Å². The standard InChI is InChI=1S/C11H13ClN2O2/c12-10-5-8(13)1-2-11(10)16-7-9-6-14-3-4-15-9/h1-2,5,7,14H,3-4,6,13H2. The maximum atomic E-state index is 5.96. The lowest BCUT2D eigenvalue weighted by molar-refractivity contribution is 0.168. The Kier molecular flexibility index (Phi) is 3.54. The number of morpholine rings is 1. The summed E-state index contributed by atoms with van der Waals surface area (Å²) in [4.78, 5) is 0. The number of benzene rings is 1. The monoisotopic (exact) mass is 240 g/mol. The van der Waals surface area contributed by atoms with Crippen LogP contribution in [-0.4, -0.2) is 19.7 Å². The van der Waals surface area contributed by atoms with Crippen LogP contribution in [0, 0.1) is 0 Å². The van der Waals surface area contributed by atoms with Gasteiger partial charge in [0.2, 0.25) is 0 Å². The van der Waals surface area contributed by atoms with Gasteiger partial charge in [0.25, 0.3) is 0 Å². The van der Waals surface area contributed by atoms with E-state index >= 15 is 0 Å². The van der Waals surface area contributed by atoms with Crippen molar-refractivity contribution in [1.82, 2.24) is 5.32 Å². The van der Waals surface area contributed by atoms with E-state index in [1.807, 2.05) is 0 Å². The predicted molar refractivity (Wildman–Crippen MR) is 63.4 cm³/mol. The highest BCUT2D eigenvalue weighted by Crippen LogP contribution is 2.26. The lowest BCUT2D eigenvalue weighted by Gasteiger charge is -2.17. The molecule has 2 rings (SSSR count). The Labute approximate surface area is 99.0 Å². The lowest BCUT2D eigenvalue weighted by Crippen LogP contribution is -2.29. The third-order valence-corrected chi connectivity index (χ3v) is 2.43. The molecule has 0 aromatic heterocycles. The zero-order chi connectivity index (χ0) is 11.4. The molecule has 1 heterocycles. The van der Waals surface area contributed by atoms with Gasteiger partial charge < -0.3 is 20.5 Å². The summed E-state index contributed by atoms with van der Waals surface area (Å²) in [5.74, 6) is 1.33. The molecule has 0 saturated carbocycles. The fourth-order valence-electron chi connectivity index (χ4n) is 1.33. The smallest absolute Gasteiger partial charge is 0.145 e. The normalized spacial score (nSPS) is 18.2. The van der Waals surface area contributed by atoms with Crippen molar-refractivity contribution in [2.75, 3.05) is 25.4 Å². The number of nitrogens with two attached hydrogens (primary N) is 1. The van der Waals surface area contributed by atoms with E-state index in [0.717, 1.165) is 12.3 Å². The molecule has 1 aliphatic heterocycles. The minimum absolute atomic E-state index is 0.487. The Morgan fingerprint density at radius 3 is 3.06 bits per heavy atom. The third kappa shape index (κ3) is 2.81. The fraction of sp³-hybridized carbons (Fsp3) is 0.273. The third-order valence-electron chi connectivity index (χ3n) is 2.14. The topological polar surface area (TPSA) is 56.5 Å². The molecule has 1 aliphatic rings. The summed E-state index contributed by atoms with van der Waals surface area (Å²) in [6.45, 7) is 2.19. The average molecular weight is 241 g/mol. The molecule has 3 N–H and O–H groups in total. The maximum absolute atomic E-state index is 5.96. The van der Waals surface area contributed by atoms with Gasteiger partial charge in [-0.2, -0.15) is 0 Å². The van der Waals surface area contributed by atoms with Crippen LogP contribution in [0.5, 0.6) is 5.75 Å². The number of halogens is 1. The van der Waals surface area contributed by atoms with Crippen LogP contribution < -0.4 is 15.8 Å². The van der Waals surface area contributed by atoms with E-state index in [0.29, 0.717) is 29.6 Å². The zero-order valence-electron chi connectivity index (χ0n) is 8.70. The molecule has 5 heteroatoms. The Morgan fingerprint density at radius 1 is 1.50 bits per heavy atom. The summed E-state index contributed by atoms with van der Waals surface area (Å²) in [7, 11) is 0. The number of anilines is 1. The second kappa shape index (κ2) is 5.09. The molecule has 0 unspecified atom stereocenters. The van der Waals surface area contributed by atoms with E-state index in [4.69, 9.17) is 26.8 Å². The van der Waals surface area contributed by atoms with Crippen LogP contribution in [0.3, 0.4) is 0 Å². The Balaban J connectivity index is 2.03. The first-order valence-electron chi connectivity index (χ1n) is 5.00. The summed E-state index contributed by atoms with van der Waals surface area (Å²) in [6.07, 6.45) is 1.56. The molecule has 1 aromatic rings. The van der Waals surface area contributed by atoms with E-state index in [2.05, 4.69) is 5.32 Å². The van der Waals surface area contributed by atoms with Crippen LogP contribution in [0.2, 0.25) is 5.02 Å². The Hall–Kier alpha value is -1.39. The largest absolute Gasteiger partial charge is 0.492 e. The molecular formula is C11H13ClN2O2. The highest BCUT2D eigenvalue weighted by atomic mass is 35.5. The molecule has 0 bridgehead atoms. The first kappa shape index (κ1) is 11.1. The van der Waals surface area contributed by atoms with Crippen molar-refractivity contribution < 1.29 is 9.47 Å². The molecule has 86 valence electrons. The van der Waals surface area contributed by atoms with Gasteiger partial charge in [-0.15, -0.1) is 0 Å². The molecule has 1 saturated heterocycles. The molecule has 0 amide bonds. The molecule has 0 radical (unpaired) electrons. The van der Waals surface area contributed by atoms with Crippen LogP contribution in [0.15, 0.2) is 30.2 Å². The van der Waals surface area contributed by atoms with Gasteiger partial charge in [-0.1, -0.05) is 11.6 Å². The van der Waals surface area contributed by atoms with Crippen LogP contribution in [0.25, 0.3) is 0 Å². The number of nitrogen functional groups attached to an aromatic ring is 1. The van der Waals surface area contributed by atoms with Gasteiger partial charge in [-0.25, -0.2) is 0 Å². The number of hydrogen-bond donors (Lipinski definition) is 2. The van der Waals surface area contributed by atoms with E-state index in [1.54, 1.807) is 24.5 Å². The van der Waals surface area contributed by atoms with Crippen LogP contribution in [0.4, 0.5) is 5.69 Å². The summed E-state index contributed by atoms with van der Waals surface area (Å²) in [6, 6.07) is 5.11. The molecule has 0 atom stereocenters. The van der Waals surface area contributed by atoms with Gasteiger partial charge in [0.1, 0.15) is 24.4 Å². The van der Waals surface area contributed by atoms with Crippen molar-refractivity contribution in [3.05, 3.63) is 35.2 Å².